The van der Waals surface area contributed by atoms with Gasteiger partial charge in [-0.3, -0.25) is 0 Å². The smallest absolute Gasteiger partial charge is 0.0174 e. The van der Waals surface area contributed by atoms with E-state index in [4.69, 9.17) is 0 Å². The van der Waals surface area contributed by atoms with Crippen LogP contribution in [0.5, 0.6) is 0 Å². The fourth-order valence-corrected chi connectivity index (χ4v) is 0.649. The summed E-state index contributed by atoms with van der Waals surface area (Å²) >= 11 is 0. The molecular weight excluding hydrogens is 132 g/mol. The van der Waals surface area contributed by atoms with Gasteiger partial charge in [0.2, 0.25) is 0 Å². The zero-order valence-corrected chi connectivity index (χ0v) is 8.22. The maximum absolute atomic E-state index is 2.26. The molecule has 0 aliphatic rings. The molecule has 0 nitrogen and oxygen atoms in total. The van der Waals surface area contributed by atoms with Crippen molar-refractivity contribution in [1.29, 1.82) is 0 Å². The summed E-state index contributed by atoms with van der Waals surface area (Å²) in [5, 5.41) is 0. The van der Waals surface area contributed by atoms with Gasteiger partial charge in [0.1, 0.15) is 0 Å². The number of rotatable bonds is 4. The van der Waals surface area contributed by atoms with Gasteiger partial charge in [-0.2, -0.15) is 0 Å². The van der Waals surface area contributed by atoms with E-state index in [1.165, 1.54) is 6.42 Å². The summed E-state index contributed by atoms with van der Waals surface area (Å²) in [6.45, 7) is 8.87. The summed E-state index contributed by atoms with van der Waals surface area (Å²) in [5.41, 5.74) is 0.359. The van der Waals surface area contributed by atoms with Crippen molar-refractivity contribution in [2.45, 2.75) is 40.5 Å². The highest BCUT2D eigenvalue weighted by Crippen LogP contribution is 2.20. The molecule has 64 valence electrons. The Hall–Kier alpha value is -0.520. The monoisotopic (exact) mass is 152 g/mol. The van der Waals surface area contributed by atoms with E-state index in [1.807, 2.05) is 0 Å². The second kappa shape index (κ2) is 5.17. The number of hydrogen-bond acceptors (Lipinski definition) is 0. The minimum Gasteiger partial charge on any atom is -0.0848 e. The molecule has 0 unspecified atom stereocenters. The van der Waals surface area contributed by atoms with E-state index in [0.29, 0.717) is 5.41 Å². The van der Waals surface area contributed by atoms with Crippen LogP contribution in [0.2, 0.25) is 0 Å². The summed E-state index contributed by atoms with van der Waals surface area (Å²) < 4.78 is 0. The molecule has 0 rings (SSSR count). The highest BCUT2D eigenvalue weighted by molar-refractivity contribution is 5.06. The van der Waals surface area contributed by atoms with Crippen LogP contribution >= 0.6 is 0 Å². The lowest BCUT2D eigenvalue weighted by atomic mass is 9.90. The molecule has 0 radical (unpaired) electrons. The van der Waals surface area contributed by atoms with Gasteiger partial charge >= 0.3 is 0 Å². The van der Waals surface area contributed by atoms with Crippen molar-refractivity contribution in [2.75, 3.05) is 0 Å². The van der Waals surface area contributed by atoms with E-state index in [2.05, 4.69) is 52.0 Å². The van der Waals surface area contributed by atoms with Gasteiger partial charge in [0.25, 0.3) is 0 Å². The molecule has 0 amide bonds. The van der Waals surface area contributed by atoms with Crippen molar-refractivity contribution in [2.24, 2.45) is 5.41 Å². The van der Waals surface area contributed by atoms with Crippen molar-refractivity contribution >= 4 is 0 Å². The Bertz CT molecular complexity index is 138. The van der Waals surface area contributed by atoms with Crippen molar-refractivity contribution in [3.8, 4) is 0 Å². The Balaban J connectivity index is 3.81. The minimum absolute atomic E-state index is 0.359. The molecule has 0 spiro atoms. The maximum Gasteiger partial charge on any atom is -0.0174 e. The predicted molar refractivity (Wildman–Crippen MR) is 52.6 cm³/mol. The van der Waals surface area contributed by atoms with Crippen LogP contribution in [0.1, 0.15) is 40.5 Å². The van der Waals surface area contributed by atoms with Crippen molar-refractivity contribution in [3.63, 3.8) is 0 Å². The standard InChI is InChI=1S/C11H20/c1-5-7-8-9-10-11(3,4)6-2/h7-10H,5-6H2,1-4H3/b8-7+,10-9+. The molecule has 0 aromatic rings. The van der Waals surface area contributed by atoms with Crippen LogP contribution in [0.25, 0.3) is 0 Å². The molecule has 0 aliphatic heterocycles. The number of hydrogen-bond donors (Lipinski definition) is 0. The predicted octanol–water partition coefficient (Wildman–Crippen LogP) is 3.95. The van der Waals surface area contributed by atoms with Crippen molar-refractivity contribution < 1.29 is 0 Å². The lowest BCUT2D eigenvalue weighted by Crippen LogP contribution is -2.03. The maximum atomic E-state index is 2.26. The van der Waals surface area contributed by atoms with Gasteiger partial charge in [0.15, 0.2) is 0 Å². The first-order valence-corrected chi connectivity index (χ1v) is 4.46. The average molecular weight is 152 g/mol. The fraction of sp³-hybridized carbons (Fsp3) is 0.636. The molecule has 0 saturated carbocycles. The topological polar surface area (TPSA) is 0 Å². The molecular formula is C11H20. The Labute approximate surface area is 71.0 Å². The molecule has 0 N–H and O–H groups in total. The Morgan fingerprint density at radius 1 is 1.09 bits per heavy atom. The van der Waals surface area contributed by atoms with Gasteiger partial charge in [0.05, 0.1) is 0 Å². The first kappa shape index (κ1) is 10.5. The molecule has 0 fully saturated rings. The minimum atomic E-state index is 0.359. The summed E-state index contributed by atoms with van der Waals surface area (Å²) in [4.78, 5) is 0. The SMILES string of the molecule is CC/C=C/C=C/C(C)(C)CC. The zero-order valence-electron chi connectivity index (χ0n) is 8.22. The van der Waals surface area contributed by atoms with Crippen LogP contribution in [0.15, 0.2) is 24.3 Å². The van der Waals surface area contributed by atoms with Gasteiger partial charge in [-0.15, -0.1) is 0 Å². The Morgan fingerprint density at radius 3 is 2.18 bits per heavy atom. The summed E-state index contributed by atoms with van der Waals surface area (Å²) in [5.74, 6) is 0. The van der Waals surface area contributed by atoms with E-state index < -0.39 is 0 Å². The van der Waals surface area contributed by atoms with E-state index in [-0.39, 0.29) is 0 Å². The second-order valence-corrected chi connectivity index (χ2v) is 3.54. The zero-order chi connectivity index (χ0) is 8.74. The molecule has 0 aromatic heterocycles. The van der Waals surface area contributed by atoms with E-state index >= 15 is 0 Å². The highest BCUT2D eigenvalue weighted by Gasteiger charge is 2.08. The average Bonchev–Trinajstić information content (AvgIpc) is 1.99. The molecule has 0 heterocycles. The van der Waals surface area contributed by atoms with Gasteiger partial charge in [-0.1, -0.05) is 52.0 Å². The van der Waals surface area contributed by atoms with Gasteiger partial charge in [0, 0.05) is 0 Å². The lowest BCUT2D eigenvalue weighted by Gasteiger charge is -2.15. The summed E-state index contributed by atoms with van der Waals surface area (Å²) in [7, 11) is 0. The van der Waals surface area contributed by atoms with Crippen LogP contribution in [0.3, 0.4) is 0 Å². The number of allylic oxidation sites excluding steroid dienone is 4. The lowest BCUT2D eigenvalue weighted by molar-refractivity contribution is 0.462. The van der Waals surface area contributed by atoms with Crippen LogP contribution < -0.4 is 0 Å². The largest absolute Gasteiger partial charge is 0.0848 e. The van der Waals surface area contributed by atoms with Crippen LogP contribution in [0.4, 0.5) is 0 Å². The third-order valence-corrected chi connectivity index (χ3v) is 1.94. The van der Waals surface area contributed by atoms with Gasteiger partial charge in [-0.25, -0.2) is 0 Å². The molecule has 0 aliphatic carbocycles. The fourth-order valence-electron chi connectivity index (χ4n) is 0.649. The quantitative estimate of drug-likeness (QED) is 0.535. The second-order valence-electron chi connectivity index (χ2n) is 3.54. The normalized spacial score (nSPS) is 13.5. The molecule has 0 heteroatoms. The third kappa shape index (κ3) is 5.90. The Kier molecular flexibility index (Phi) is 4.93. The van der Waals surface area contributed by atoms with Crippen LogP contribution in [-0.4, -0.2) is 0 Å². The molecule has 0 atom stereocenters. The first-order valence-electron chi connectivity index (χ1n) is 4.46. The van der Waals surface area contributed by atoms with Crippen LogP contribution in [0, 0.1) is 5.41 Å². The molecule has 0 bridgehead atoms. The summed E-state index contributed by atoms with van der Waals surface area (Å²) in [6, 6.07) is 0. The summed E-state index contributed by atoms with van der Waals surface area (Å²) in [6.07, 6.45) is 11.0. The van der Waals surface area contributed by atoms with E-state index in [9.17, 15) is 0 Å². The Morgan fingerprint density at radius 2 is 1.73 bits per heavy atom. The highest BCUT2D eigenvalue weighted by atomic mass is 14.1. The van der Waals surface area contributed by atoms with Crippen molar-refractivity contribution in [3.05, 3.63) is 24.3 Å². The van der Waals surface area contributed by atoms with E-state index in [1.54, 1.807) is 0 Å². The van der Waals surface area contributed by atoms with Gasteiger partial charge in [-0.05, 0) is 18.3 Å². The van der Waals surface area contributed by atoms with E-state index in [0.717, 1.165) is 6.42 Å². The molecule has 0 aromatic carbocycles. The van der Waals surface area contributed by atoms with Crippen molar-refractivity contribution in [1.82, 2.24) is 0 Å². The third-order valence-electron chi connectivity index (χ3n) is 1.94. The molecule has 0 saturated heterocycles. The molecule has 11 heavy (non-hydrogen) atoms. The van der Waals surface area contributed by atoms with Gasteiger partial charge < -0.3 is 0 Å². The first-order chi connectivity index (χ1) is 5.12. The van der Waals surface area contributed by atoms with Crippen LogP contribution in [-0.2, 0) is 0 Å².